The highest BCUT2D eigenvalue weighted by molar-refractivity contribution is 7.15. The molecule has 2 bridgehead atoms. The van der Waals surface area contributed by atoms with Crippen molar-refractivity contribution in [2.45, 2.75) is 37.5 Å². The molecule has 0 aliphatic carbocycles. The topological polar surface area (TPSA) is 71.0 Å². The Bertz CT molecular complexity index is 839. The van der Waals surface area contributed by atoms with E-state index in [1.165, 1.54) is 6.20 Å². The molecule has 0 aromatic carbocycles. The van der Waals surface area contributed by atoms with Gasteiger partial charge in [0.05, 0.1) is 6.04 Å². The summed E-state index contributed by atoms with van der Waals surface area (Å²) in [5, 5.41) is 7.44. The Kier molecular flexibility index (Phi) is 3.63. The van der Waals surface area contributed by atoms with Gasteiger partial charge in [-0.05, 0) is 30.9 Å². The van der Waals surface area contributed by atoms with Crippen LogP contribution in [0.2, 0.25) is 0 Å². The zero-order valence-electron chi connectivity index (χ0n) is 12.5. The number of rotatable bonds is 1. The maximum absolute atomic E-state index is 13.9. The van der Waals surface area contributed by atoms with Crippen LogP contribution in [0.15, 0.2) is 12.3 Å². The summed E-state index contributed by atoms with van der Waals surface area (Å²) in [4.78, 5) is 17.7. The van der Waals surface area contributed by atoms with Crippen LogP contribution in [0.4, 0.5) is 27.5 Å². The van der Waals surface area contributed by atoms with Crippen molar-refractivity contribution >= 4 is 22.5 Å². The van der Waals surface area contributed by atoms with Crippen LogP contribution >= 0.6 is 11.3 Å². The number of urea groups is 1. The molecule has 4 heterocycles. The van der Waals surface area contributed by atoms with Crippen LogP contribution in [0.1, 0.15) is 35.0 Å². The summed E-state index contributed by atoms with van der Waals surface area (Å²) >= 11 is 0.267. The van der Waals surface area contributed by atoms with Crippen LogP contribution in [-0.2, 0) is 12.6 Å². The molecule has 0 spiro atoms. The summed E-state index contributed by atoms with van der Waals surface area (Å²) < 4.78 is 51.6. The molecule has 6 nitrogen and oxygen atoms in total. The van der Waals surface area contributed by atoms with Crippen molar-refractivity contribution < 1.29 is 22.4 Å². The maximum Gasteiger partial charge on any atom is 0.445 e. The Balaban J connectivity index is 1.56. The fourth-order valence-corrected chi connectivity index (χ4v) is 4.07. The second-order valence-electron chi connectivity index (χ2n) is 5.87. The molecule has 1 saturated heterocycles. The number of aromatic nitrogens is 3. The molecule has 2 aromatic heterocycles. The molecule has 4 rings (SSSR count). The normalized spacial score (nSPS) is 22.0. The van der Waals surface area contributed by atoms with Gasteiger partial charge in [-0.25, -0.2) is 9.78 Å². The van der Waals surface area contributed by atoms with Crippen LogP contribution in [0.25, 0.3) is 0 Å². The van der Waals surface area contributed by atoms with E-state index in [1.54, 1.807) is 11.0 Å². The maximum atomic E-state index is 13.9. The number of halogens is 4. The lowest BCUT2D eigenvalue weighted by Gasteiger charge is -2.35. The van der Waals surface area contributed by atoms with E-state index in [0.717, 1.165) is 0 Å². The lowest BCUT2D eigenvalue weighted by atomic mass is 9.95. The van der Waals surface area contributed by atoms with Crippen molar-refractivity contribution in [2.24, 2.45) is 0 Å². The van der Waals surface area contributed by atoms with Gasteiger partial charge in [0.2, 0.25) is 16.1 Å². The standard InChI is InChI=1S/C14H11F4N5OS/c15-10-8-5-6-1-2-9(7(8)3-4-19-10)23(6)13(24)20-12-22-21-11(25-12)14(16,17)18/h3-4,6,9H,1-2,5H2,(H,20,22,24). The van der Waals surface area contributed by atoms with Gasteiger partial charge in [-0.3, -0.25) is 5.32 Å². The Morgan fingerprint density at radius 3 is 2.84 bits per heavy atom. The minimum atomic E-state index is -4.60. The number of hydrogen-bond acceptors (Lipinski definition) is 5. The second-order valence-corrected chi connectivity index (χ2v) is 6.85. The van der Waals surface area contributed by atoms with Gasteiger partial charge in [0.15, 0.2) is 0 Å². The molecule has 2 amide bonds. The Morgan fingerprint density at radius 2 is 2.12 bits per heavy atom. The summed E-state index contributed by atoms with van der Waals surface area (Å²) in [7, 11) is 0. The first-order valence-electron chi connectivity index (χ1n) is 7.48. The fraction of sp³-hybridized carbons (Fsp3) is 0.429. The molecule has 1 N–H and O–H groups in total. The molecular weight excluding hydrogens is 362 g/mol. The number of alkyl halides is 3. The first kappa shape index (κ1) is 16.2. The minimum Gasteiger partial charge on any atom is -0.314 e. The number of pyridine rings is 1. The lowest BCUT2D eigenvalue weighted by Crippen LogP contribution is -2.44. The van der Waals surface area contributed by atoms with Gasteiger partial charge >= 0.3 is 12.2 Å². The van der Waals surface area contributed by atoms with Gasteiger partial charge < -0.3 is 4.90 Å². The van der Waals surface area contributed by atoms with Gasteiger partial charge in [-0.2, -0.15) is 17.6 Å². The molecule has 2 unspecified atom stereocenters. The van der Waals surface area contributed by atoms with Gasteiger partial charge in [0.25, 0.3) is 0 Å². The SMILES string of the molecule is O=C(Nc1nnc(C(F)(F)F)s1)N1C2CCC1c1ccnc(F)c1C2. The number of nitrogens with zero attached hydrogens (tertiary/aromatic N) is 4. The molecule has 132 valence electrons. The van der Waals surface area contributed by atoms with Crippen molar-refractivity contribution in [1.82, 2.24) is 20.1 Å². The smallest absolute Gasteiger partial charge is 0.314 e. The number of amides is 2. The number of carbonyl (C=O) groups is 1. The molecule has 11 heteroatoms. The molecule has 25 heavy (non-hydrogen) atoms. The van der Waals surface area contributed by atoms with Crippen molar-refractivity contribution in [3.8, 4) is 0 Å². The molecule has 0 saturated carbocycles. The fourth-order valence-electron chi connectivity index (χ4n) is 3.47. The first-order valence-corrected chi connectivity index (χ1v) is 8.29. The largest absolute Gasteiger partial charge is 0.445 e. The van der Waals surface area contributed by atoms with Crippen LogP contribution in [0.5, 0.6) is 0 Å². The average Bonchev–Trinajstić information content (AvgIpc) is 3.12. The van der Waals surface area contributed by atoms with Crippen LogP contribution in [0.3, 0.4) is 0 Å². The van der Waals surface area contributed by atoms with E-state index in [2.05, 4.69) is 20.5 Å². The quantitative estimate of drug-likeness (QED) is 0.615. The highest BCUT2D eigenvalue weighted by atomic mass is 32.1. The third-order valence-corrected chi connectivity index (χ3v) is 5.34. The van der Waals surface area contributed by atoms with Gasteiger partial charge in [0.1, 0.15) is 0 Å². The number of carbonyl (C=O) groups excluding carboxylic acids is 1. The van der Waals surface area contributed by atoms with Crippen LogP contribution in [0, 0.1) is 5.95 Å². The Hall–Kier alpha value is -2.30. The number of anilines is 1. The monoisotopic (exact) mass is 373 g/mol. The molecule has 0 radical (unpaired) electrons. The summed E-state index contributed by atoms with van der Waals surface area (Å²) in [6, 6.07) is 0.588. The predicted molar refractivity (Wildman–Crippen MR) is 79.4 cm³/mol. The van der Waals surface area contributed by atoms with Crippen molar-refractivity contribution in [3.05, 3.63) is 34.3 Å². The zero-order chi connectivity index (χ0) is 17.8. The summed E-state index contributed by atoms with van der Waals surface area (Å²) in [6.07, 6.45) is -1.56. The van der Waals surface area contributed by atoms with E-state index < -0.39 is 23.2 Å². The highest BCUT2D eigenvalue weighted by Crippen LogP contribution is 2.44. The van der Waals surface area contributed by atoms with Crippen LogP contribution in [-0.4, -0.2) is 32.2 Å². The minimum absolute atomic E-state index is 0.216. The molecule has 2 aliphatic heterocycles. The average molecular weight is 373 g/mol. The summed E-state index contributed by atoms with van der Waals surface area (Å²) in [5.41, 5.74) is 1.21. The lowest BCUT2D eigenvalue weighted by molar-refractivity contribution is -0.138. The van der Waals surface area contributed by atoms with Crippen molar-refractivity contribution in [1.29, 1.82) is 0 Å². The number of fused-ring (bicyclic) bond motifs is 4. The van der Waals surface area contributed by atoms with E-state index in [4.69, 9.17) is 0 Å². The van der Waals surface area contributed by atoms with E-state index in [9.17, 15) is 22.4 Å². The molecule has 2 aliphatic rings. The van der Waals surface area contributed by atoms with Gasteiger partial charge in [-0.15, -0.1) is 10.2 Å². The zero-order valence-corrected chi connectivity index (χ0v) is 13.4. The number of hydrogen-bond donors (Lipinski definition) is 1. The molecular formula is C14H11F4N5OS. The van der Waals surface area contributed by atoms with Crippen molar-refractivity contribution in [3.63, 3.8) is 0 Å². The third-order valence-electron chi connectivity index (χ3n) is 4.46. The van der Waals surface area contributed by atoms with Crippen LogP contribution < -0.4 is 5.32 Å². The van der Waals surface area contributed by atoms with Crippen molar-refractivity contribution in [2.75, 3.05) is 5.32 Å². The first-order chi connectivity index (χ1) is 11.8. The highest BCUT2D eigenvalue weighted by Gasteiger charge is 2.44. The summed E-state index contributed by atoms with van der Waals surface area (Å²) in [5.74, 6) is -0.534. The Morgan fingerprint density at radius 1 is 1.32 bits per heavy atom. The molecule has 2 aromatic rings. The van der Waals surface area contributed by atoms with Gasteiger partial charge in [0, 0.05) is 17.8 Å². The van der Waals surface area contributed by atoms with E-state index in [0.29, 0.717) is 30.4 Å². The predicted octanol–water partition coefficient (Wildman–Crippen LogP) is 3.38. The van der Waals surface area contributed by atoms with E-state index >= 15 is 0 Å². The number of nitrogens with one attached hydrogen (secondary N) is 1. The third kappa shape index (κ3) is 2.71. The van der Waals surface area contributed by atoms with E-state index in [1.807, 2.05) is 0 Å². The second kappa shape index (κ2) is 5.61. The van der Waals surface area contributed by atoms with Gasteiger partial charge in [-0.1, -0.05) is 11.3 Å². The summed E-state index contributed by atoms with van der Waals surface area (Å²) in [6.45, 7) is 0. The Labute approximate surface area is 142 Å². The van der Waals surface area contributed by atoms with E-state index in [-0.39, 0.29) is 28.6 Å². The molecule has 1 fully saturated rings. The molecule has 2 atom stereocenters.